The van der Waals surface area contributed by atoms with Gasteiger partial charge in [-0.05, 0) is 63.9 Å². The van der Waals surface area contributed by atoms with Crippen molar-refractivity contribution >= 4 is 28.3 Å². The molecule has 6 rings (SSSR count). The van der Waals surface area contributed by atoms with Crippen LogP contribution in [0, 0.1) is 13.8 Å². The van der Waals surface area contributed by atoms with Crippen molar-refractivity contribution in [3.05, 3.63) is 105 Å². The molecule has 9 heteroatoms. The van der Waals surface area contributed by atoms with Crippen LogP contribution in [0.3, 0.4) is 0 Å². The van der Waals surface area contributed by atoms with Gasteiger partial charge in [0.1, 0.15) is 39.7 Å². The van der Waals surface area contributed by atoms with Gasteiger partial charge >= 0.3 is 0 Å². The number of carbonyl (C=O) groups excluding carboxylic acids is 3. The number of fused-ring (bicyclic) bond motifs is 4. The number of aryl methyl sites for hydroxylation is 1. The molecule has 1 aromatic heterocycles. The summed E-state index contributed by atoms with van der Waals surface area (Å²) in [6.45, 7) is 8.34. The van der Waals surface area contributed by atoms with Crippen molar-refractivity contribution in [2.75, 3.05) is 13.7 Å². The molecule has 0 spiro atoms. The van der Waals surface area contributed by atoms with Gasteiger partial charge in [-0.1, -0.05) is 30.3 Å². The molecule has 1 aliphatic heterocycles. The van der Waals surface area contributed by atoms with E-state index in [9.17, 15) is 24.6 Å². The summed E-state index contributed by atoms with van der Waals surface area (Å²) >= 11 is 0. The summed E-state index contributed by atoms with van der Waals surface area (Å²) in [5.41, 5.74) is 2.78. The Bertz CT molecular complexity index is 2000. The number of methoxy groups -OCH3 is 1. The summed E-state index contributed by atoms with van der Waals surface area (Å²) in [6, 6.07) is 15.9. The maximum atomic E-state index is 14.3. The minimum Gasteiger partial charge on any atom is -0.507 e. The third-order valence-corrected chi connectivity index (χ3v) is 9.14. The number of rotatable bonds is 7. The predicted octanol–water partition coefficient (Wildman–Crippen LogP) is 5.79. The van der Waals surface area contributed by atoms with Crippen LogP contribution in [-0.4, -0.2) is 46.2 Å². The molecule has 4 N–H and O–H groups in total. The molecule has 2 heterocycles. The van der Waals surface area contributed by atoms with Gasteiger partial charge in [0.05, 0.1) is 18.2 Å². The second-order valence-electron chi connectivity index (χ2n) is 11.8. The molecule has 45 heavy (non-hydrogen) atoms. The van der Waals surface area contributed by atoms with Gasteiger partial charge < -0.3 is 30.0 Å². The van der Waals surface area contributed by atoms with E-state index in [1.807, 2.05) is 49.4 Å². The number of ether oxygens (including phenoxy) is 2. The van der Waals surface area contributed by atoms with Crippen LogP contribution in [0.2, 0.25) is 0 Å². The van der Waals surface area contributed by atoms with E-state index < -0.39 is 28.5 Å². The Labute approximate surface area is 260 Å². The molecule has 0 saturated heterocycles. The second kappa shape index (κ2) is 10.7. The smallest absolute Gasteiger partial charge is 0.194 e. The standard InChI is InChI=1S/C36H34N2O7/c1-17-32(41)30(20(4)39)34-31(33(17)42)36(5)27(45-34)15-26(40)29(35(36)43)18(2)37-16-24(21-11-13-22(44-6)14-12-21)28-19(3)38-25-10-8-7-9-23(25)28/h7-15,24,37-38,41-42H,16H2,1-6H3/b29-18+/t24-,36-/m0/s1. The maximum absolute atomic E-state index is 14.3. The van der Waals surface area contributed by atoms with E-state index in [0.717, 1.165) is 33.5 Å². The van der Waals surface area contributed by atoms with Crippen LogP contribution in [0.4, 0.5) is 0 Å². The molecule has 0 amide bonds. The number of nitrogens with one attached hydrogen (secondary N) is 2. The number of H-pyrrole nitrogens is 1. The lowest BCUT2D eigenvalue weighted by Crippen LogP contribution is -2.41. The first-order chi connectivity index (χ1) is 21.4. The normalized spacial score (nSPS) is 19.0. The number of carbonyl (C=O) groups is 3. The summed E-state index contributed by atoms with van der Waals surface area (Å²) in [5, 5.41) is 26.2. The van der Waals surface area contributed by atoms with Crippen LogP contribution in [0.25, 0.3) is 10.9 Å². The average molecular weight is 607 g/mol. The number of phenols is 2. The lowest BCUT2D eigenvalue weighted by Gasteiger charge is -2.29. The topological polar surface area (TPSA) is 138 Å². The first-order valence-electron chi connectivity index (χ1n) is 14.6. The van der Waals surface area contributed by atoms with Gasteiger partial charge in [0.25, 0.3) is 0 Å². The van der Waals surface area contributed by atoms with Crippen LogP contribution in [0.5, 0.6) is 23.0 Å². The Morgan fingerprint density at radius 1 is 1.04 bits per heavy atom. The Balaban J connectivity index is 1.42. The van der Waals surface area contributed by atoms with E-state index in [2.05, 4.69) is 16.4 Å². The molecule has 1 aliphatic carbocycles. The fourth-order valence-electron chi connectivity index (χ4n) is 6.68. The van der Waals surface area contributed by atoms with Crippen LogP contribution in [-0.2, 0) is 15.0 Å². The molecule has 0 fully saturated rings. The Morgan fingerprint density at radius 2 is 1.73 bits per heavy atom. The largest absolute Gasteiger partial charge is 0.507 e. The quantitative estimate of drug-likeness (QED) is 0.118. The molecule has 0 unspecified atom stereocenters. The molecule has 4 aromatic rings. The van der Waals surface area contributed by atoms with Gasteiger partial charge in [0.15, 0.2) is 17.3 Å². The Morgan fingerprint density at radius 3 is 2.40 bits per heavy atom. The molecule has 2 aliphatic rings. The van der Waals surface area contributed by atoms with Gasteiger partial charge in [0, 0.05) is 46.4 Å². The highest BCUT2D eigenvalue weighted by Gasteiger charge is 2.56. The number of ketones is 3. The number of aromatic nitrogens is 1. The SMILES string of the molecule is COc1ccc([C@H](CN/C(C)=C2\C(=O)C=C3Oc4c(C(C)=O)c(O)c(C)c(O)c4[C@@]3(C)C2=O)c2c(C)[nH]c3ccccc23)cc1. The van der Waals surface area contributed by atoms with Gasteiger partial charge in [-0.2, -0.15) is 0 Å². The highest BCUT2D eigenvalue weighted by molar-refractivity contribution is 6.31. The number of benzene rings is 3. The van der Waals surface area contributed by atoms with Crippen molar-refractivity contribution in [3.63, 3.8) is 0 Å². The number of Topliss-reactive ketones (excluding diaryl/α,β-unsaturated/α-hetero) is 2. The fourth-order valence-corrected chi connectivity index (χ4v) is 6.68. The van der Waals surface area contributed by atoms with Crippen molar-refractivity contribution in [2.45, 2.75) is 46.0 Å². The monoisotopic (exact) mass is 606 g/mol. The third kappa shape index (κ3) is 4.41. The van der Waals surface area contributed by atoms with E-state index in [-0.39, 0.29) is 45.4 Å². The van der Waals surface area contributed by atoms with Crippen molar-refractivity contribution in [1.82, 2.24) is 10.3 Å². The Hall–Kier alpha value is -5.31. The highest BCUT2D eigenvalue weighted by atomic mass is 16.5. The number of aromatic amines is 1. The first-order valence-corrected chi connectivity index (χ1v) is 14.6. The molecule has 0 bridgehead atoms. The maximum Gasteiger partial charge on any atom is 0.194 e. The van der Waals surface area contributed by atoms with Gasteiger partial charge in [-0.3, -0.25) is 14.4 Å². The number of hydrogen-bond donors (Lipinski definition) is 4. The third-order valence-electron chi connectivity index (χ3n) is 9.14. The zero-order valence-corrected chi connectivity index (χ0v) is 25.9. The molecule has 0 saturated carbocycles. The Kier molecular flexibility index (Phi) is 7.07. The summed E-state index contributed by atoms with van der Waals surface area (Å²) in [6.07, 6.45) is 1.22. The fraction of sp³-hybridized carbons (Fsp3) is 0.250. The summed E-state index contributed by atoms with van der Waals surface area (Å²) in [4.78, 5) is 43.8. The molecular formula is C36H34N2O7. The summed E-state index contributed by atoms with van der Waals surface area (Å²) in [7, 11) is 1.62. The summed E-state index contributed by atoms with van der Waals surface area (Å²) < 4.78 is 11.3. The molecular weight excluding hydrogens is 572 g/mol. The second-order valence-corrected chi connectivity index (χ2v) is 11.8. The van der Waals surface area contributed by atoms with Gasteiger partial charge in [0.2, 0.25) is 0 Å². The van der Waals surface area contributed by atoms with E-state index in [1.54, 1.807) is 21.0 Å². The van der Waals surface area contributed by atoms with E-state index in [0.29, 0.717) is 12.2 Å². The number of phenolic OH excluding ortho intramolecular Hbond substituents is 2. The molecule has 9 nitrogen and oxygen atoms in total. The zero-order chi connectivity index (χ0) is 32.4. The molecule has 0 radical (unpaired) electrons. The van der Waals surface area contributed by atoms with Crippen molar-refractivity contribution < 1.29 is 34.1 Å². The zero-order valence-electron chi connectivity index (χ0n) is 25.9. The van der Waals surface area contributed by atoms with E-state index in [4.69, 9.17) is 9.47 Å². The van der Waals surface area contributed by atoms with Crippen LogP contribution >= 0.6 is 0 Å². The number of allylic oxidation sites excluding steroid dienone is 4. The number of hydrogen-bond acceptors (Lipinski definition) is 8. The van der Waals surface area contributed by atoms with Crippen molar-refractivity contribution in [3.8, 4) is 23.0 Å². The van der Waals surface area contributed by atoms with Crippen molar-refractivity contribution in [2.24, 2.45) is 0 Å². The minimum absolute atomic E-state index is 0.00243. The van der Waals surface area contributed by atoms with Gasteiger partial charge in [-0.25, -0.2) is 0 Å². The summed E-state index contributed by atoms with van der Waals surface area (Å²) in [5.74, 6) is -1.97. The van der Waals surface area contributed by atoms with Crippen LogP contribution in [0.15, 0.2) is 71.6 Å². The first kappa shape index (κ1) is 29.7. The van der Waals surface area contributed by atoms with Gasteiger partial charge in [-0.15, -0.1) is 0 Å². The number of para-hydroxylation sites is 1. The minimum atomic E-state index is -1.59. The average Bonchev–Trinajstić information content (AvgIpc) is 3.50. The molecule has 3 aromatic carbocycles. The molecule has 2 atom stereocenters. The van der Waals surface area contributed by atoms with E-state index >= 15 is 0 Å². The lowest BCUT2D eigenvalue weighted by atomic mass is 9.70. The van der Waals surface area contributed by atoms with Crippen LogP contribution < -0.4 is 14.8 Å². The highest BCUT2D eigenvalue weighted by Crippen LogP contribution is 2.57. The van der Waals surface area contributed by atoms with E-state index in [1.165, 1.54) is 19.9 Å². The molecule has 230 valence electrons. The number of aromatic hydroxyl groups is 2. The predicted molar refractivity (Wildman–Crippen MR) is 169 cm³/mol. The van der Waals surface area contributed by atoms with Crippen molar-refractivity contribution in [1.29, 1.82) is 0 Å². The lowest BCUT2D eigenvalue weighted by molar-refractivity contribution is -0.123. The van der Waals surface area contributed by atoms with Crippen LogP contribution in [0.1, 0.15) is 65.0 Å².